The van der Waals surface area contributed by atoms with Gasteiger partial charge in [0.05, 0.1) is 30.0 Å². The van der Waals surface area contributed by atoms with Gasteiger partial charge in [-0.05, 0) is 23.8 Å². The van der Waals surface area contributed by atoms with Crippen molar-refractivity contribution in [2.45, 2.75) is 25.7 Å². The topological polar surface area (TPSA) is 74.4 Å². The van der Waals surface area contributed by atoms with Crippen molar-refractivity contribution < 1.29 is 17.9 Å². The first-order valence-corrected chi connectivity index (χ1v) is 11.2. The molecule has 0 saturated carbocycles. The molecule has 0 radical (unpaired) electrons. The van der Waals surface area contributed by atoms with Crippen LogP contribution < -0.4 is 10.5 Å². The van der Waals surface area contributed by atoms with Gasteiger partial charge >= 0.3 is 6.18 Å². The number of benzene rings is 1. The second-order valence-corrected chi connectivity index (χ2v) is 8.50. The van der Waals surface area contributed by atoms with Crippen LogP contribution in [0.15, 0.2) is 47.4 Å². The van der Waals surface area contributed by atoms with Gasteiger partial charge in [0.2, 0.25) is 0 Å². The Bertz CT molecular complexity index is 1200. The number of hydrogen-bond acceptors (Lipinski definition) is 6. The van der Waals surface area contributed by atoms with Crippen LogP contribution in [0.4, 0.5) is 19.0 Å². The summed E-state index contributed by atoms with van der Waals surface area (Å²) in [5.74, 6) is 1.22. The van der Waals surface area contributed by atoms with Crippen LogP contribution in [0.1, 0.15) is 22.4 Å². The molecular weight excluding hydrogens is 447 g/mol. The lowest BCUT2D eigenvalue weighted by atomic mass is 10.1. The van der Waals surface area contributed by atoms with E-state index in [1.54, 1.807) is 0 Å². The summed E-state index contributed by atoms with van der Waals surface area (Å²) in [4.78, 5) is 29.0. The molecular formula is C24H24F3N5O2. The number of H-pyrrole nitrogens is 1. The van der Waals surface area contributed by atoms with E-state index in [0.717, 1.165) is 43.1 Å². The average molecular weight is 471 g/mol. The minimum Gasteiger partial charge on any atom is -0.378 e. The smallest absolute Gasteiger partial charge is 0.378 e. The third-order valence-corrected chi connectivity index (χ3v) is 6.18. The standard InChI is InChI=1S/C24H24F3N5O2/c25-24(26,27)18-4-2-17(3-5-18)22-29-20-7-8-31(15-19(20)23(33)30-22)14-16-1-6-21(28-13-16)32-9-11-34-12-10-32/h1-6,13H,7-12,14-15H2,(H,29,30,33). The lowest BCUT2D eigenvalue weighted by molar-refractivity contribution is -0.137. The lowest BCUT2D eigenvalue weighted by Gasteiger charge is -2.29. The van der Waals surface area contributed by atoms with Gasteiger partial charge in [-0.1, -0.05) is 18.2 Å². The second kappa shape index (κ2) is 9.19. The van der Waals surface area contributed by atoms with Crippen molar-refractivity contribution in [2.75, 3.05) is 37.7 Å². The van der Waals surface area contributed by atoms with E-state index >= 15 is 0 Å². The van der Waals surface area contributed by atoms with Gasteiger partial charge < -0.3 is 14.6 Å². The number of nitrogens with zero attached hydrogens (tertiary/aromatic N) is 4. The van der Waals surface area contributed by atoms with E-state index in [4.69, 9.17) is 4.74 Å². The van der Waals surface area contributed by atoms with Gasteiger partial charge in [-0.3, -0.25) is 9.69 Å². The molecule has 7 nitrogen and oxygen atoms in total. The fraction of sp³-hybridized carbons (Fsp3) is 0.375. The Hall–Kier alpha value is -3.24. The number of rotatable bonds is 4. The maximum absolute atomic E-state index is 12.8. The van der Waals surface area contributed by atoms with Gasteiger partial charge in [0.25, 0.3) is 5.56 Å². The summed E-state index contributed by atoms with van der Waals surface area (Å²) in [5, 5.41) is 0. The SMILES string of the molecule is O=c1[nH]c(-c2ccc(C(F)(F)F)cc2)nc2c1CN(Cc1ccc(N3CCOCC3)nc1)CC2. The molecule has 0 atom stereocenters. The molecule has 1 saturated heterocycles. The summed E-state index contributed by atoms with van der Waals surface area (Å²) >= 11 is 0. The molecule has 2 aromatic heterocycles. The molecule has 0 amide bonds. The number of pyridine rings is 1. The highest BCUT2D eigenvalue weighted by atomic mass is 19.4. The molecule has 0 aliphatic carbocycles. The van der Waals surface area contributed by atoms with Crippen molar-refractivity contribution in [1.82, 2.24) is 19.9 Å². The van der Waals surface area contributed by atoms with E-state index in [-0.39, 0.29) is 11.4 Å². The van der Waals surface area contributed by atoms with Crippen LogP contribution in [-0.4, -0.2) is 52.7 Å². The number of aromatic nitrogens is 3. The van der Waals surface area contributed by atoms with Crippen molar-refractivity contribution in [1.29, 1.82) is 0 Å². The zero-order chi connectivity index (χ0) is 23.7. The fourth-order valence-corrected chi connectivity index (χ4v) is 4.32. The van der Waals surface area contributed by atoms with Crippen molar-refractivity contribution in [3.8, 4) is 11.4 Å². The maximum Gasteiger partial charge on any atom is 0.416 e. The van der Waals surface area contributed by atoms with E-state index in [0.29, 0.717) is 49.5 Å². The summed E-state index contributed by atoms with van der Waals surface area (Å²) < 4.78 is 43.8. The summed E-state index contributed by atoms with van der Waals surface area (Å²) in [6.45, 7) is 4.92. The molecule has 1 fully saturated rings. The summed E-state index contributed by atoms with van der Waals surface area (Å²) in [6.07, 6.45) is -1.94. The lowest BCUT2D eigenvalue weighted by Crippen LogP contribution is -2.37. The number of hydrogen-bond donors (Lipinski definition) is 1. The molecule has 2 aliphatic heterocycles. The third-order valence-electron chi connectivity index (χ3n) is 6.18. The molecule has 5 rings (SSSR count). The van der Waals surface area contributed by atoms with Crippen LogP contribution >= 0.6 is 0 Å². The van der Waals surface area contributed by atoms with E-state index in [1.807, 2.05) is 12.3 Å². The van der Waals surface area contributed by atoms with E-state index in [2.05, 4.69) is 30.8 Å². The number of aromatic amines is 1. The van der Waals surface area contributed by atoms with Crippen LogP contribution in [0.2, 0.25) is 0 Å². The molecule has 0 spiro atoms. The van der Waals surface area contributed by atoms with Gasteiger partial charge in [0.1, 0.15) is 11.6 Å². The van der Waals surface area contributed by atoms with E-state index in [1.165, 1.54) is 12.1 Å². The minimum atomic E-state index is -4.41. The van der Waals surface area contributed by atoms with E-state index in [9.17, 15) is 18.0 Å². The Kier molecular flexibility index (Phi) is 6.09. The molecule has 3 aromatic rings. The first-order chi connectivity index (χ1) is 16.4. The number of fused-ring (bicyclic) bond motifs is 1. The highest BCUT2D eigenvalue weighted by molar-refractivity contribution is 5.56. The number of ether oxygens (including phenoxy) is 1. The van der Waals surface area contributed by atoms with Crippen LogP contribution in [0, 0.1) is 0 Å². The van der Waals surface area contributed by atoms with Crippen molar-refractivity contribution in [2.24, 2.45) is 0 Å². The molecule has 0 bridgehead atoms. The monoisotopic (exact) mass is 471 g/mol. The van der Waals surface area contributed by atoms with Gasteiger partial charge in [-0.25, -0.2) is 9.97 Å². The number of alkyl halides is 3. The zero-order valence-electron chi connectivity index (χ0n) is 18.4. The van der Waals surface area contributed by atoms with Crippen molar-refractivity contribution in [3.05, 3.63) is 75.3 Å². The predicted octanol–water partition coefficient (Wildman–Crippen LogP) is 3.25. The molecule has 10 heteroatoms. The molecule has 1 aromatic carbocycles. The largest absolute Gasteiger partial charge is 0.416 e. The van der Waals surface area contributed by atoms with Crippen molar-refractivity contribution in [3.63, 3.8) is 0 Å². The maximum atomic E-state index is 12.8. The molecule has 2 aliphatic rings. The first-order valence-electron chi connectivity index (χ1n) is 11.2. The minimum absolute atomic E-state index is 0.259. The first kappa shape index (κ1) is 22.5. The van der Waals surface area contributed by atoms with Gasteiger partial charge in [-0.2, -0.15) is 13.2 Å². The molecule has 0 unspecified atom stereocenters. The van der Waals surface area contributed by atoms with Gasteiger partial charge in [0.15, 0.2) is 0 Å². The molecule has 4 heterocycles. The average Bonchev–Trinajstić information content (AvgIpc) is 2.85. The Morgan fingerprint density at radius 3 is 2.47 bits per heavy atom. The molecule has 34 heavy (non-hydrogen) atoms. The van der Waals surface area contributed by atoms with E-state index < -0.39 is 11.7 Å². The summed E-state index contributed by atoms with van der Waals surface area (Å²) in [5.41, 5.74) is 1.80. The number of morpholine rings is 1. The van der Waals surface area contributed by atoms with Crippen LogP contribution in [0.3, 0.4) is 0 Å². The molecule has 1 N–H and O–H groups in total. The number of nitrogens with one attached hydrogen (secondary N) is 1. The van der Waals surface area contributed by atoms with Crippen LogP contribution in [0.25, 0.3) is 11.4 Å². The predicted molar refractivity (Wildman–Crippen MR) is 120 cm³/mol. The Balaban J connectivity index is 1.27. The van der Waals surface area contributed by atoms with Crippen molar-refractivity contribution >= 4 is 5.82 Å². The Labute approximate surface area is 194 Å². The highest BCUT2D eigenvalue weighted by Gasteiger charge is 2.30. The van der Waals surface area contributed by atoms with Gasteiger partial charge in [-0.15, -0.1) is 0 Å². The fourth-order valence-electron chi connectivity index (χ4n) is 4.32. The Morgan fingerprint density at radius 1 is 1.03 bits per heavy atom. The van der Waals surface area contributed by atoms with Crippen LogP contribution in [-0.2, 0) is 30.4 Å². The zero-order valence-corrected chi connectivity index (χ0v) is 18.4. The third kappa shape index (κ3) is 4.83. The molecule has 178 valence electrons. The highest BCUT2D eigenvalue weighted by Crippen LogP contribution is 2.30. The van der Waals surface area contributed by atoms with Gasteiger partial charge in [0, 0.05) is 50.9 Å². The normalized spacial score (nSPS) is 17.0. The second-order valence-electron chi connectivity index (χ2n) is 8.50. The van der Waals surface area contributed by atoms with Crippen LogP contribution in [0.5, 0.6) is 0 Å². The Morgan fingerprint density at radius 2 is 1.79 bits per heavy atom. The quantitative estimate of drug-likeness (QED) is 0.630. The number of halogens is 3. The number of anilines is 1. The summed E-state index contributed by atoms with van der Waals surface area (Å²) in [7, 11) is 0. The summed E-state index contributed by atoms with van der Waals surface area (Å²) in [6, 6.07) is 8.73.